The van der Waals surface area contributed by atoms with E-state index in [1.807, 2.05) is 0 Å². The van der Waals surface area contributed by atoms with Gasteiger partial charge < -0.3 is 5.32 Å². The number of carbonyl (C=O) groups excluding carboxylic acids is 3. The van der Waals surface area contributed by atoms with Crippen LogP contribution in [0.5, 0.6) is 0 Å². The predicted octanol–water partition coefficient (Wildman–Crippen LogP) is 2.35. The second-order valence-corrected chi connectivity index (χ2v) is 3.83. The van der Waals surface area contributed by atoms with Crippen LogP contribution in [0.3, 0.4) is 0 Å². The van der Waals surface area contributed by atoms with Crippen LogP contribution in [0.25, 0.3) is 0 Å². The summed E-state index contributed by atoms with van der Waals surface area (Å²) in [6.45, 7) is 1.21. The third kappa shape index (κ3) is 4.53. The summed E-state index contributed by atoms with van der Waals surface area (Å²) in [7, 11) is 0. The predicted molar refractivity (Wildman–Crippen MR) is 60.8 cm³/mol. The molecule has 0 unspecified atom stereocenters. The van der Waals surface area contributed by atoms with E-state index >= 15 is 0 Å². The van der Waals surface area contributed by atoms with E-state index in [0.717, 1.165) is 12.1 Å². The molecule has 0 aliphatic rings. The number of ketones is 2. The van der Waals surface area contributed by atoms with Crippen molar-refractivity contribution in [1.29, 1.82) is 0 Å². The molecule has 1 aromatic carbocycles. The minimum absolute atomic E-state index is 0.0290. The van der Waals surface area contributed by atoms with Gasteiger partial charge in [0.25, 0.3) is 5.78 Å². The summed E-state index contributed by atoms with van der Waals surface area (Å²) in [5, 5.41) is 2.24. The first-order valence-electron chi connectivity index (χ1n) is 5.21. The molecule has 0 atom stereocenters. The minimum Gasteiger partial charge on any atom is -0.326 e. The zero-order valence-electron chi connectivity index (χ0n) is 9.88. The minimum atomic E-state index is -4.97. The highest BCUT2D eigenvalue weighted by molar-refractivity contribution is 6.05. The number of Topliss-reactive ketones (excluding diaryl/α,β-unsaturated/α-hetero) is 2. The van der Waals surface area contributed by atoms with Crippen LogP contribution in [0, 0.1) is 0 Å². The average molecular weight is 273 g/mol. The summed E-state index contributed by atoms with van der Waals surface area (Å²) in [5.41, 5.74) is -0.547. The van der Waals surface area contributed by atoms with Crippen LogP contribution in [-0.2, 0) is 9.59 Å². The van der Waals surface area contributed by atoms with Crippen LogP contribution in [0.15, 0.2) is 24.3 Å². The maximum absolute atomic E-state index is 12.2. The molecule has 0 spiro atoms. The zero-order valence-corrected chi connectivity index (χ0v) is 9.88. The maximum atomic E-state index is 12.2. The molecule has 1 rings (SSSR count). The molecular formula is C12H10F3NO3. The van der Waals surface area contributed by atoms with Crippen molar-refractivity contribution in [1.82, 2.24) is 0 Å². The van der Waals surface area contributed by atoms with Crippen LogP contribution in [-0.4, -0.2) is 23.6 Å². The second-order valence-electron chi connectivity index (χ2n) is 3.83. The Kier molecular flexibility index (Phi) is 4.42. The molecule has 0 aromatic heterocycles. The highest BCUT2D eigenvalue weighted by atomic mass is 19.4. The van der Waals surface area contributed by atoms with E-state index < -0.39 is 23.4 Å². The molecule has 0 aliphatic carbocycles. The van der Waals surface area contributed by atoms with Gasteiger partial charge in [-0.1, -0.05) is 12.1 Å². The lowest BCUT2D eigenvalue weighted by Crippen LogP contribution is -2.23. The number of amides is 1. The Hall–Kier alpha value is -2.18. The molecular weight excluding hydrogens is 263 g/mol. The molecule has 0 aliphatic heterocycles. The molecule has 0 radical (unpaired) electrons. The van der Waals surface area contributed by atoms with Crippen LogP contribution >= 0.6 is 0 Å². The number of hydrogen-bond acceptors (Lipinski definition) is 3. The van der Waals surface area contributed by atoms with E-state index in [4.69, 9.17) is 0 Å². The standard InChI is InChI=1S/C12H10F3NO3/c1-7(17)5-10(18)16-9-4-2-3-8(6-9)11(19)12(13,14)15/h2-4,6H,5H2,1H3,(H,16,18). The first-order valence-corrected chi connectivity index (χ1v) is 5.21. The van der Waals surface area contributed by atoms with Crippen molar-refractivity contribution in [2.24, 2.45) is 0 Å². The van der Waals surface area contributed by atoms with Crippen LogP contribution < -0.4 is 5.32 Å². The topological polar surface area (TPSA) is 63.2 Å². The Labute approximate surface area is 106 Å². The Morgan fingerprint density at radius 1 is 1.21 bits per heavy atom. The Balaban J connectivity index is 2.86. The number of hydrogen-bond donors (Lipinski definition) is 1. The fraction of sp³-hybridized carbons (Fsp3) is 0.250. The summed E-state index contributed by atoms with van der Waals surface area (Å²) < 4.78 is 36.7. The van der Waals surface area contributed by atoms with Gasteiger partial charge in [0, 0.05) is 11.3 Å². The van der Waals surface area contributed by atoms with Gasteiger partial charge in [-0.2, -0.15) is 13.2 Å². The van der Waals surface area contributed by atoms with Crippen molar-refractivity contribution in [3.8, 4) is 0 Å². The van der Waals surface area contributed by atoms with Gasteiger partial charge in [-0.05, 0) is 19.1 Å². The van der Waals surface area contributed by atoms with Crippen molar-refractivity contribution < 1.29 is 27.6 Å². The van der Waals surface area contributed by atoms with Crippen LogP contribution in [0.1, 0.15) is 23.7 Å². The normalized spacial score (nSPS) is 10.9. The van der Waals surface area contributed by atoms with E-state index in [9.17, 15) is 27.6 Å². The van der Waals surface area contributed by atoms with E-state index in [1.165, 1.54) is 19.1 Å². The van der Waals surface area contributed by atoms with Gasteiger partial charge >= 0.3 is 6.18 Å². The number of nitrogens with one attached hydrogen (secondary N) is 1. The molecule has 0 bridgehead atoms. The molecule has 0 fully saturated rings. The third-order valence-electron chi connectivity index (χ3n) is 2.08. The molecule has 1 amide bonds. The Morgan fingerprint density at radius 2 is 1.84 bits per heavy atom. The van der Waals surface area contributed by atoms with E-state index in [-0.39, 0.29) is 17.9 Å². The number of benzene rings is 1. The van der Waals surface area contributed by atoms with Crippen molar-refractivity contribution in [2.75, 3.05) is 5.32 Å². The lowest BCUT2D eigenvalue weighted by atomic mass is 10.1. The molecule has 1 aromatic rings. The van der Waals surface area contributed by atoms with Gasteiger partial charge in [-0.25, -0.2) is 0 Å². The smallest absolute Gasteiger partial charge is 0.326 e. The number of rotatable bonds is 4. The van der Waals surface area contributed by atoms with Crippen molar-refractivity contribution in [2.45, 2.75) is 19.5 Å². The summed E-state index contributed by atoms with van der Waals surface area (Å²) in [6, 6.07) is 4.44. The number of alkyl halides is 3. The second kappa shape index (κ2) is 5.64. The molecule has 4 nitrogen and oxygen atoms in total. The summed E-state index contributed by atoms with van der Waals surface area (Å²) in [4.78, 5) is 32.9. The molecule has 0 saturated heterocycles. The SMILES string of the molecule is CC(=O)CC(=O)Nc1cccc(C(=O)C(F)(F)F)c1. The fourth-order valence-electron chi connectivity index (χ4n) is 1.33. The average Bonchev–Trinajstić information content (AvgIpc) is 2.25. The molecule has 7 heteroatoms. The first-order chi connectivity index (χ1) is 8.70. The molecule has 1 N–H and O–H groups in total. The van der Waals surface area contributed by atoms with Crippen molar-refractivity contribution in [3.05, 3.63) is 29.8 Å². The number of anilines is 1. The molecule has 19 heavy (non-hydrogen) atoms. The number of carbonyl (C=O) groups is 3. The van der Waals surface area contributed by atoms with Gasteiger partial charge in [-0.3, -0.25) is 14.4 Å². The van der Waals surface area contributed by atoms with Gasteiger partial charge in [0.1, 0.15) is 5.78 Å². The highest BCUT2D eigenvalue weighted by Gasteiger charge is 2.39. The van der Waals surface area contributed by atoms with E-state index in [1.54, 1.807) is 0 Å². The lowest BCUT2D eigenvalue weighted by Gasteiger charge is -2.08. The zero-order chi connectivity index (χ0) is 14.6. The monoisotopic (exact) mass is 273 g/mol. The first kappa shape index (κ1) is 14.9. The van der Waals surface area contributed by atoms with Crippen molar-refractivity contribution in [3.63, 3.8) is 0 Å². The number of halogens is 3. The van der Waals surface area contributed by atoms with Gasteiger partial charge in [0.15, 0.2) is 0 Å². The molecule has 102 valence electrons. The largest absolute Gasteiger partial charge is 0.454 e. The van der Waals surface area contributed by atoms with Crippen molar-refractivity contribution >= 4 is 23.2 Å². The fourth-order valence-corrected chi connectivity index (χ4v) is 1.33. The summed E-state index contributed by atoms with van der Waals surface area (Å²) in [5.74, 6) is -3.01. The van der Waals surface area contributed by atoms with Gasteiger partial charge in [-0.15, -0.1) is 0 Å². The third-order valence-corrected chi connectivity index (χ3v) is 2.08. The molecule has 0 heterocycles. The maximum Gasteiger partial charge on any atom is 0.454 e. The van der Waals surface area contributed by atoms with Crippen LogP contribution in [0.4, 0.5) is 18.9 Å². The van der Waals surface area contributed by atoms with Gasteiger partial charge in [0.05, 0.1) is 6.42 Å². The Morgan fingerprint density at radius 3 is 2.37 bits per heavy atom. The quantitative estimate of drug-likeness (QED) is 0.676. The van der Waals surface area contributed by atoms with E-state index in [2.05, 4.69) is 5.32 Å². The Bertz CT molecular complexity index is 523. The summed E-state index contributed by atoms with van der Waals surface area (Å²) in [6.07, 6.45) is -5.35. The lowest BCUT2D eigenvalue weighted by molar-refractivity contribution is -0.124. The van der Waals surface area contributed by atoms with Gasteiger partial charge in [0.2, 0.25) is 5.91 Å². The highest BCUT2D eigenvalue weighted by Crippen LogP contribution is 2.23. The van der Waals surface area contributed by atoms with E-state index in [0.29, 0.717) is 0 Å². The summed E-state index contributed by atoms with van der Waals surface area (Å²) >= 11 is 0. The van der Waals surface area contributed by atoms with Crippen LogP contribution in [0.2, 0.25) is 0 Å². The molecule has 0 saturated carbocycles.